The second kappa shape index (κ2) is 3.13. The average molecular weight is 178 g/mol. The molecule has 0 aliphatic heterocycles. The summed E-state index contributed by atoms with van der Waals surface area (Å²) < 4.78 is 0. The lowest BCUT2D eigenvalue weighted by atomic mass is 10.0. The van der Waals surface area contributed by atoms with Crippen molar-refractivity contribution in [2.24, 2.45) is 5.41 Å². The fraction of sp³-hybridized carbons (Fsp3) is 0.455. The largest absolute Gasteiger partial charge is 0.396 e. The fourth-order valence-electron chi connectivity index (χ4n) is 1.90. The average Bonchev–Trinajstić information content (AvgIpc) is 2.95. The molecular weight excluding hydrogens is 164 g/mol. The Balaban J connectivity index is 2.15. The molecule has 70 valence electrons. The smallest absolute Gasteiger partial charge is 0.0515 e. The summed E-state index contributed by atoms with van der Waals surface area (Å²) in [7, 11) is 0. The zero-order valence-corrected chi connectivity index (χ0v) is 7.48. The maximum absolute atomic E-state index is 9.13. The van der Waals surface area contributed by atoms with Crippen molar-refractivity contribution in [2.75, 3.05) is 13.2 Å². The normalized spacial score (nSPS) is 24.3. The molecule has 0 amide bonds. The Morgan fingerprint density at radius 1 is 1.15 bits per heavy atom. The number of hydrogen-bond acceptors (Lipinski definition) is 2. The van der Waals surface area contributed by atoms with Crippen molar-refractivity contribution in [3.8, 4) is 0 Å². The molecule has 1 fully saturated rings. The second-order valence-corrected chi connectivity index (χ2v) is 3.85. The molecule has 0 aromatic heterocycles. The Morgan fingerprint density at radius 3 is 2.23 bits per heavy atom. The molecule has 2 N–H and O–H groups in total. The van der Waals surface area contributed by atoms with Gasteiger partial charge >= 0.3 is 0 Å². The van der Waals surface area contributed by atoms with Gasteiger partial charge in [0.15, 0.2) is 0 Å². The van der Waals surface area contributed by atoms with Gasteiger partial charge in [-0.15, -0.1) is 0 Å². The lowest BCUT2D eigenvalue weighted by Gasteiger charge is -2.09. The molecule has 2 nitrogen and oxygen atoms in total. The molecule has 0 radical (unpaired) electrons. The second-order valence-electron chi connectivity index (χ2n) is 3.85. The Bertz CT molecular complexity index is 277. The van der Waals surface area contributed by atoms with Gasteiger partial charge in [-0.1, -0.05) is 30.3 Å². The Kier molecular flexibility index (Phi) is 2.10. The molecule has 0 saturated heterocycles. The maximum Gasteiger partial charge on any atom is 0.0515 e. The van der Waals surface area contributed by atoms with Gasteiger partial charge in [-0.2, -0.15) is 0 Å². The minimum absolute atomic E-state index is 0.0864. The summed E-state index contributed by atoms with van der Waals surface area (Å²) in [4.78, 5) is 0. The standard InChI is InChI=1S/C11H14O2/c12-7-11(8-13)6-10(11)9-4-2-1-3-5-9/h1-5,10,12-13H,6-8H2/t10-/m1/s1. The first-order valence-corrected chi connectivity index (χ1v) is 4.59. The van der Waals surface area contributed by atoms with Crippen LogP contribution in [0.5, 0.6) is 0 Å². The van der Waals surface area contributed by atoms with Gasteiger partial charge < -0.3 is 10.2 Å². The van der Waals surface area contributed by atoms with E-state index in [0.717, 1.165) is 6.42 Å². The minimum atomic E-state index is -0.235. The van der Waals surface area contributed by atoms with Crippen molar-refractivity contribution in [1.82, 2.24) is 0 Å². The van der Waals surface area contributed by atoms with Gasteiger partial charge in [-0.05, 0) is 17.9 Å². The zero-order valence-electron chi connectivity index (χ0n) is 7.48. The third-order valence-corrected chi connectivity index (χ3v) is 3.02. The van der Waals surface area contributed by atoms with Crippen LogP contribution in [0.4, 0.5) is 0 Å². The van der Waals surface area contributed by atoms with Crippen molar-refractivity contribution in [3.63, 3.8) is 0 Å². The van der Waals surface area contributed by atoms with E-state index in [-0.39, 0.29) is 18.6 Å². The first kappa shape index (κ1) is 8.73. The van der Waals surface area contributed by atoms with Crippen LogP contribution in [-0.4, -0.2) is 23.4 Å². The third kappa shape index (κ3) is 1.36. The summed E-state index contributed by atoms with van der Waals surface area (Å²) in [5, 5.41) is 18.3. The van der Waals surface area contributed by atoms with E-state index in [1.165, 1.54) is 5.56 Å². The molecular formula is C11H14O2. The third-order valence-electron chi connectivity index (χ3n) is 3.02. The van der Waals surface area contributed by atoms with Crippen molar-refractivity contribution in [3.05, 3.63) is 35.9 Å². The predicted octanol–water partition coefficient (Wildman–Crippen LogP) is 1.14. The van der Waals surface area contributed by atoms with Crippen LogP contribution in [0.1, 0.15) is 17.9 Å². The van der Waals surface area contributed by atoms with E-state index in [9.17, 15) is 0 Å². The molecule has 2 rings (SSSR count). The van der Waals surface area contributed by atoms with Gasteiger partial charge in [0.25, 0.3) is 0 Å². The highest BCUT2D eigenvalue weighted by Crippen LogP contribution is 2.58. The van der Waals surface area contributed by atoms with Gasteiger partial charge in [-0.3, -0.25) is 0 Å². The van der Waals surface area contributed by atoms with Gasteiger partial charge in [0, 0.05) is 5.41 Å². The van der Waals surface area contributed by atoms with Crippen LogP contribution in [0.15, 0.2) is 30.3 Å². The molecule has 1 aliphatic rings. The fourth-order valence-corrected chi connectivity index (χ4v) is 1.90. The highest BCUT2D eigenvalue weighted by Gasteiger charge is 2.53. The van der Waals surface area contributed by atoms with E-state index in [4.69, 9.17) is 10.2 Å². The minimum Gasteiger partial charge on any atom is -0.396 e. The molecule has 1 aliphatic carbocycles. The van der Waals surface area contributed by atoms with Crippen molar-refractivity contribution < 1.29 is 10.2 Å². The van der Waals surface area contributed by atoms with Crippen LogP contribution < -0.4 is 0 Å². The summed E-state index contributed by atoms with van der Waals surface area (Å²) in [5.41, 5.74) is 0.993. The summed E-state index contributed by atoms with van der Waals surface area (Å²) in [6.07, 6.45) is 0.907. The zero-order chi connectivity index (χ0) is 9.31. The molecule has 0 spiro atoms. The highest BCUT2D eigenvalue weighted by atomic mass is 16.3. The van der Waals surface area contributed by atoms with E-state index in [1.54, 1.807) is 0 Å². The van der Waals surface area contributed by atoms with Crippen LogP contribution in [-0.2, 0) is 0 Å². The molecule has 0 heterocycles. The highest BCUT2D eigenvalue weighted by molar-refractivity contribution is 5.29. The Hall–Kier alpha value is -0.860. The van der Waals surface area contributed by atoms with Crippen LogP contribution in [0.25, 0.3) is 0 Å². The molecule has 2 heteroatoms. The van der Waals surface area contributed by atoms with E-state index in [1.807, 2.05) is 18.2 Å². The molecule has 1 saturated carbocycles. The van der Waals surface area contributed by atoms with Crippen LogP contribution >= 0.6 is 0 Å². The summed E-state index contributed by atoms with van der Waals surface area (Å²) in [5.74, 6) is 0.351. The van der Waals surface area contributed by atoms with E-state index < -0.39 is 0 Å². The van der Waals surface area contributed by atoms with Crippen LogP contribution in [0.2, 0.25) is 0 Å². The monoisotopic (exact) mass is 178 g/mol. The molecule has 0 unspecified atom stereocenters. The van der Waals surface area contributed by atoms with E-state index in [2.05, 4.69) is 12.1 Å². The summed E-state index contributed by atoms with van der Waals surface area (Å²) in [6.45, 7) is 0.173. The topological polar surface area (TPSA) is 40.5 Å². The lowest BCUT2D eigenvalue weighted by Crippen LogP contribution is -2.14. The van der Waals surface area contributed by atoms with Gasteiger partial charge in [0.1, 0.15) is 0 Å². The van der Waals surface area contributed by atoms with Crippen molar-refractivity contribution in [1.29, 1.82) is 0 Å². The summed E-state index contributed by atoms with van der Waals surface area (Å²) >= 11 is 0. The Morgan fingerprint density at radius 2 is 1.77 bits per heavy atom. The first-order valence-electron chi connectivity index (χ1n) is 4.59. The SMILES string of the molecule is OCC1(CO)C[C@@H]1c1ccccc1. The summed E-state index contributed by atoms with van der Waals surface area (Å²) in [6, 6.07) is 10.1. The van der Waals surface area contributed by atoms with Gasteiger partial charge in [0.2, 0.25) is 0 Å². The predicted molar refractivity (Wildman–Crippen MR) is 50.4 cm³/mol. The maximum atomic E-state index is 9.13. The Labute approximate surface area is 77.8 Å². The quantitative estimate of drug-likeness (QED) is 0.728. The number of aliphatic hydroxyl groups is 2. The van der Waals surface area contributed by atoms with Gasteiger partial charge in [-0.25, -0.2) is 0 Å². The lowest BCUT2D eigenvalue weighted by molar-refractivity contribution is 0.129. The molecule has 1 atom stereocenters. The van der Waals surface area contributed by atoms with E-state index >= 15 is 0 Å². The number of aliphatic hydroxyl groups excluding tert-OH is 2. The number of benzene rings is 1. The van der Waals surface area contributed by atoms with Crippen molar-refractivity contribution in [2.45, 2.75) is 12.3 Å². The number of rotatable bonds is 3. The molecule has 1 aromatic carbocycles. The molecule has 1 aromatic rings. The number of hydrogen-bond donors (Lipinski definition) is 2. The molecule has 13 heavy (non-hydrogen) atoms. The van der Waals surface area contributed by atoms with Crippen LogP contribution in [0.3, 0.4) is 0 Å². The van der Waals surface area contributed by atoms with E-state index in [0.29, 0.717) is 5.92 Å². The molecule has 0 bridgehead atoms. The van der Waals surface area contributed by atoms with Crippen LogP contribution in [0, 0.1) is 5.41 Å². The van der Waals surface area contributed by atoms with Crippen molar-refractivity contribution >= 4 is 0 Å². The van der Waals surface area contributed by atoms with Gasteiger partial charge in [0.05, 0.1) is 13.2 Å². The first-order chi connectivity index (χ1) is 6.32.